The average Bonchev–Trinajstić information content (AvgIpc) is 3.39. The molecular formula is C19H19ClFNOS. The molecule has 0 saturated heterocycles. The largest absolute Gasteiger partial charge is 0.335 e. The molecule has 1 amide bonds. The fourth-order valence-electron chi connectivity index (χ4n) is 2.56. The normalized spacial score (nSPS) is 13.8. The van der Waals surface area contributed by atoms with Gasteiger partial charge in [0.25, 0.3) is 0 Å². The van der Waals surface area contributed by atoms with Gasteiger partial charge >= 0.3 is 0 Å². The highest BCUT2D eigenvalue weighted by molar-refractivity contribution is 7.99. The van der Waals surface area contributed by atoms with Crippen molar-refractivity contribution in [3.05, 3.63) is 70.5 Å². The molecule has 2 aromatic rings. The first-order valence-electron chi connectivity index (χ1n) is 7.98. The van der Waals surface area contributed by atoms with Gasteiger partial charge in [0, 0.05) is 23.4 Å². The molecule has 0 N–H and O–H groups in total. The molecule has 1 aliphatic carbocycles. The summed E-state index contributed by atoms with van der Waals surface area (Å²) in [5, 5.41) is 0.717. The van der Waals surface area contributed by atoms with Gasteiger partial charge in [-0.1, -0.05) is 35.9 Å². The monoisotopic (exact) mass is 363 g/mol. The molecule has 0 aliphatic heterocycles. The standard InChI is InChI=1S/C19H19ClFNOS/c20-16-6-4-14(5-7-16)12-24-13-19(23)22(18-8-9-18)11-15-2-1-3-17(21)10-15/h1-7,10,18H,8-9,11-13H2. The minimum absolute atomic E-state index is 0.126. The molecule has 0 radical (unpaired) electrons. The lowest BCUT2D eigenvalue weighted by Gasteiger charge is -2.22. The van der Waals surface area contributed by atoms with Gasteiger partial charge in [-0.05, 0) is 48.2 Å². The summed E-state index contributed by atoms with van der Waals surface area (Å²) in [6.45, 7) is 0.489. The third-order valence-electron chi connectivity index (χ3n) is 3.96. The number of carbonyl (C=O) groups is 1. The molecule has 126 valence electrons. The fourth-order valence-corrected chi connectivity index (χ4v) is 3.56. The number of thioether (sulfide) groups is 1. The molecule has 24 heavy (non-hydrogen) atoms. The summed E-state index contributed by atoms with van der Waals surface area (Å²) in [4.78, 5) is 14.4. The molecule has 0 unspecified atom stereocenters. The van der Waals surface area contributed by atoms with Crippen LogP contribution in [0.25, 0.3) is 0 Å². The van der Waals surface area contributed by atoms with Crippen LogP contribution in [0.3, 0.4) is 0 Å². The van der Waals surface area contributed by atoms with E-state index in [2.05, 4.69) is 0 Å². The van der Waals surface area contributed by atoms with Crippen molar-refractivity contribution in [3.8, 4) is 0 Å². The van der Waals surface area contributed by atoms with Crippen molar-refractivity contribution in [1.29, 1.82) is 0 Å². The molecule has 0 spiro atoms. The Kier molecular flexibility index (Phi) is 5.80. The minimum Gasteiger partial charge on any atom is -0.335 e. The quantitative estimate of drug-likeness (QED) is 0.697. The maximum atomic E-state index is 13.3. The number of nitrogens with zero attached hydrogens (tertiary/aromatic N) is 1. The Labute approximate surface area is 151 Å². The molecule has 3 rings (SSSR count). The van der Waals surface area contributed by atoms with Crippen LogP contribution in [-0.4, -0.2) is 22.6 Å². The molecule has 1 saturated carbocycles. The van der Waals surface area contributed by atoms with Gasteiger partial charge in [-0.2, -0.15) is 0 Å². The molecule has 0 aromatic heterocycles. The van der Waals surface area contributed by atoms with Crippen molar-refractivity contribution in [2.75, 3.05) is 5.75 Å². The van der Waals surface area contributed by atoms with E-state index >= 15 is 0 Å². The zero-order valence-corrected chi connectivity index (χ0v) is 14.8. The Balaban J connectivity index is 1.53. The minimum atomic E-state index is -0.257. The highest BCUT2D eigenvalue weighted by Gasteiger charge is 2.32. The molecule has 2 nitrogen and oxygen atoms in total. The van der Waals surface area contributed by atoms with Crippen LogP contribution < -0.4 is 0 Å². The Morgan fingerprint density at radius 3 is 2.58 bits per heavy atom. The van der Waals surface area contributed by atoms with E-state index in [-0.39, 0.29) is 11.7 Å². The summed E-state index contributed by atoms with van der Waals surface area (Å²) < 4.78 is 13.3. The third-order valence-corrected chi connectivity index (χ3v) is 5.20. The van der Waals surface area contributed by atoms with E-state index in [9.17, 15) is 9.18 Å². The second-order valence-electron chi connectivity index (χ2n) is 6.00. The lowest BCUT2D eigenvalue weighted by molar-refractivity contribution is -0.129. The number of amides is 1. The van der Waals surface area contributed by atoms with Crippen LogP contribution in [0, 0.1) is 5.82 Å². The van der Waals surface area contributed by atoms with Gasteiger partial charge in [-0.3, -0.25) is 4.79 Å². The topological polar surface area (TPSA) is 20.3 Å². The van der Waals surface area contributed by atoms with Gasteiger partial charge < -0.3 is 4.90 Å². The summed E-state index contributed by atoms with van der Waals surface area (Å²) in [6.07, 6.45) is 2.09. The summed E-state index contributed by atoms with van der Waals surface area (Å²) >= 11 is 7.47. The highest BCUT2D eigenvalue weighted by Crippen LogP contribution is 2.29. The second kappa shape index (κ2) is 8.04. The maximum absolute atomic E-state index is 13.3. The summed E-state index contributed by atoms with van der Waals surface area (Å²) in [6, 6.07) is 14.5. The molecular weight excluding hydrogens is 345 g/mol. The second-order valence-corrected chi connectivity index (χ2v) is 7.42. The zero-order valence-electron chi connectivity index (χ0n) is 13.3. The van der Waals surface area contributed by atoms with Gasteiger partial charge in [0.1, 0.15) is 5.82 Å². The van der Waals surface area contributed by atoms with Gasteiger partial charge in [-0.25, -0.2) is 4.39 Å². The molecule has 5 heteroatoms. The number of hydrogen-bond donors (Lipinski definition) is 0. The van der Waals surface area contributed by atoms with Gasteiger partial charge in [0.2, 0.25) is 5.91 Å². The molecule has 0 heterocycles. The third kappa shape index (κ3) is 4.99. The van der Waals surface area contributed by atoms with Crippen molar-refractivity contribution in [2.24, 2.45) is 0 Å². The van der Waals surface area contributed by atoms with Gasteiger partial charge in [-0.15, -0.1) is 11.8 Å². The number of halogens is 2. The van der Waals surface area contributed by atoms with E-state index in [4.69, 9.17) is 11.6 Å². The zero-order chi connectivity index (χ0) is 16.9. The predicted molar refractivity (Wildman–Crippen MR) is 97.6 cm³/mol. The van der Waals surface area contributed by atoms with E-state index in [0.717, 1.165) is 34.7 Å². The maximum Gasteiger partial charge on any atom is 0.233 e. The summed E-state index contributed by atoms with van der Waals surface area (Å²) in [7, 11) is 0. The molecule has 1 aliphatic rings. The van der Waals surface area contributed by atoms with Crippen LogP contribution in [0.4, 0.5) is 4.39 Å². The van der Waals surface area contributed by atoms with Crippen molar-refractivity contribution in [3.63, 3.8) is 0 Å². The highest BCUT2D eigenvalue weighted by atomic mass is 35.5. The van der Waals surface area contributed by atoms with E-state index in [1.807, 2.05) is 35.2 Å². The van der Waals surface area contributed by atoms with E-state index in [1.54, 1.807) is 17.8 Å². The van der Waals surface area contributed by atoms with E-state index < -0.39 is 0 Å². The number of rotatable bonds is 7. The van der Waals surface area contributed by atoms with Crippen molar-refractivity contribution < 1.29 is 9.18 Å². The number of hydrogen-bond acceptors (Lipinski definition) is 2. The van der Waals surface area contributed by atoms with Gasteiger partial charge in [0.15, 0.2) is 0 Å². The number of benzene rings is 2. The van der Waals surface area contributed by atoms with Crippen LogP contribution in [0.15, 0.2) is 48.5 Å². The van der Waals surface area contributed by atoms with Crippen LogP contribution in [0.1, 0.15) is 24.0 Å². The molecule has 0 atom stereocenters. The molecule has 0 bridgehead atoms. The summed E-state index contributed by atoms with van der Waals surface area (Å²) in [5.74, 6) is 1.09. The Bertz CT molecular complexity index is 703. The van der Waals surface area contributed by atoms with Crippen LogP contribution in [0.2, 0.25) is 5.02 Å². The SMILES string of the molecule is O=C(CSCc1ccc(Cl)cc1)N(Cc1cccc(F)c1)C1CC1. The molecule has 2 aromatic carbocycles. The fraction of sp³-hybridized carbons (Fsp3) is 0.316. The molecule has 1 fully saturated rings. The Morgan fingerprint density at radius 1 is 1.17 bits per heavy atom. The Hall–Kier alpha value is -1.52. The van der Waals surface area contributed by atoms with Gasteiger partial charge in [0.05, 0.1) is 5.75 Å². The van der Waals surface area contributed by atoms with E-state index in [0.29, 0.717) is 18.3 Å². The number of carbonyl (C=O) groups excluding carboxylic acids is 1. The van der Waals surface area contributed by atoms with Crippen LogP contribution in [0.5, 0.6) is 0 Å². The van der Waals surface area contributed by atoms with Crippen molar-refractivity contribution in [2.45, 2.75) is 31.2 Å². The first-order chi connectivity index (χ1) is 11.6. The smallest absolute Gasteiger partial charge is 0.233 e. The van der Waals surface area contributed by atoms with Crippen LogP contribution >= 0.6 is 23.4 Å². The average molecular weight is 364 g/mol. The lowest BCUT2D eigenvalue weighted by Crippen LogP contribution is -2.34. The first-order valence-corrected chi connectivity index (χ1v) is 9.51. The van der Waals surface area contributed by atoms with Crippen LogP contribution in [-0.2, 0) is 17.1 Å². The summed E-state index contributed by atoms with van der Waals surface area (Å²) in [5.41, 5.74) is 2.00. The lowest BCUT2D eigenvalue weighted by atomic mass is 10.2. The van der Waals surface area contributed by atoms with Crippen molar-refractivity contribution >= 4 is 29.3 Å². The Morgan fingerprint density at radius 2 is 1.92 bits per heavy atom. The van der Waals surface area contributed by atoms with E-state index in [1.165, 1.54) is 12.1 Å². The predicted octanol–water partition coefficient (Wildman–Crippen LogP) is 4.90. The first kappa shape index (κ1) is 17.3. The van der Waals surface area contributed by atoms with Crippen molar-refractivity contribution in [1.82, 2.24) is 4.90 Å².